The van der Waals surface area contributed by atoms with Gasteiger partial charge in [-0.05, 0) is 19.8 Å². The Kier molecular flexibility index (Phi) is 16.2. The predicted octanol–water partition coefficient (Wildman–Crippen LogP) is 1.95. The number of aliphatic hydroxyl groups excluding tert-OH is 1. The van der Waals surface area contributed by atoms with E-state index in [1.165, 1.54) is 0 Å². The van der Waals surface area contributed by atoms with E-state index < -0.39 is 0 Å². The second-order valence-corrected chi connectivity index (χ2v) is 2.88. The third-order valence-electron chi connectivity index (χ3n) is 1.69. The molecule has 0 aromatic carbocycles. The normalized spacial score (nSPS) is 9.50. The van der Waals surface area contributed by atoms with Gasteiger partial charge in [-0.1, -0.05) is 27.7 Å². The Bertz CT molecular complexity index is 72.9. The molecule has 0 aliphatic carbocycles. The van der Waals surface area contributed by atoms with Crippen molar-refractivity contribution in [1.29, 1.82) is 0 Å². The van der Waals surface area contributed by atoms with Crippen LogP contribution in [0.2, 0.25) is 0 Å². The summed E-state index contributed by atoms with van der Waals surface area (Å²) in [4.78, 5) is 4.70. The molecule has 0 aliphatic rings. The van der Waals surface area contributed by atoms with Crippen molar-refractivity contribution in [3.05, 3.63) is 0 Å². The van der Waals surface area contributed by atoms with Gasteiger partial charge in [0, 0.05) is 7.11 Å². The molecule has 0 atom stereocenters. The first-order chi connectivity index (χ1) is 5.50. The quantitative estimate of drug-likeness (QED) is 0.637. The molecule has 3 heteroatoms. The summed E-state index contributed by atoms with van der Waals surface area (Å²) >= 11 is 0. The highest BCUT2D eigenvalue weighted by atomic mass is 16.6. The minimum Gasteiger partial charge on any atom is -0.400 e. The first-order valence-corrected chi connectivity index (χ1v) is 4.33. The smallest absolute Gasteiger partial charge is 0.0860 e. The zero-order chi connectivity index (χ0) is 10.8. The van der Waals surface area contributed by atoms with Gasteiger partial charge in [0.25, 0.3) is 0 Å². The van der Waals surface area contributed by atoms with Crippen molar-refractivity contribution < 1.29 is 9.94 Å². The summed E-state index contributed by atoms with van der Waals surface area (Å²) in [6, 6.07) is 0. The zero-order valence-electron chi connectivity index (χ0n) is 9.51. The number of nitrogens with two attached hydrogens (primary N) is 1. The highest BCUT2D eigenvalue weighted by Crippen LogP contribution is 2.17. The van der Waals surface area contributed by atoms with E-state index in [1.807, 2.05) is 27.7 Å². The molecule has 0 unspecified atom stereocenters. The Morgan fingerprint density at radius 1 is 1.17 bits per heavy atom. The van der Waals surface area contributed by atoms with Crippen LogP contribution in [0.3, 0.4) is 0 Å². The average Bonchev–Trinajstić information content (AvgIpc) is 2.11. The molecule has 0 saturated heterocycles. The summed E-state index contributed by atoms with van der Waals surface area (Å²) in [5.74, 6) is 5.47. The van der Waals surface area contributed by atoms with Gasteiger partial charge in [0.2, 0.25) is 0 Å². The van der Waals surface area contributed by atoms with Crippen LogP contribution in [0.1, 0.15) is 41.5 Å². The number of rotatable bonds is 2. The molecule has 0 rings (SSSR count). The molecule has 0 bridgehead atoms. The topological polar surface area (TPSA) is 55.5 Å². The van der Waals surface area contributed by atoms with Gasteiger partial charge in [0.05, 0.1) is 5.60 Å². The number of aliphatic hydroxyl groups is 1. The Morgan fingerprint density at radius 3 is 1.42 bits per heavy atom. The Balaban J connectivity index is -0.000000175. The van der Waals surface area contributed by atoms with Crippen LogP contribution in [0.5, 0.6) is 0 Å². The molecule has 0 spiro atoms. The lowest BCUT2D eigenvalue weighted by atomic mass is 9.95. The van der Waals surface area contributed by atoms with Gasteiger partial charge in [-0.2, -0.15) is 0 Å². The van der Waals surface area contributed by atoms with E-state index >= 15 is 0 Å². The van der Waals surface area contributed by atoms with E-state index in [9.17, 15) is 0 Å². The first kappa shape index (κ1) is 17.8. The maximum atomic E-state index is 7.00. The highest BCUT2D eigenvalue weighted by molar-refractivity contribution is 4.70. The molecule has 78 valence electrons. The molecule has 0 saturated carbocycles. The van der Waals surface area contributed by atoms with Gasteiger partial charge < -0.3 is 5.11 Å². The lowest BCUT2D eigenvalue weighted by Gasteiger charge is -2.25. The summed E-state index contributed by atoms with van der Waals surface area (Å²) in [5.41, 5.74) is -0.181. The van der Waals surface area contributed by atoms with E-state index in [1.54, 1.807) is 0 Å². The second-order valence-electron chi connectivity index (χ2n) is 2.88. The van der Waals surface area contributed by atoms with Crippen molar-refractivity contribution in [2.75, 3.05) is 7.11 Å². The van der Waals surface area contributed by atoms with Crippen molar-refractivity contribution in [3.63, 3.8) is 0 Å². The molecule has 0 radical (unpaired) electrons. The van der Waals surface area contributed by atoms with Gasteiger partial charge in [0.1, 0.15) is 0 Å². The molecule has 12 heavy (non-hydrogen) atoms. The van der Waals surface area contributed by atoms with Gasteiger partial charge >= 0.3 is 0 Å². The van der Waals surface area contributed by atoms with Crippen LogP contribution in [0.25, 0.3) is 0 Å². The Labute approximate surface area is 76.9 Å². The first-order valence-electron chi connectivity index (χ1n) is 4.33. The van der Waals surface area contributed by atoms with Crippen LogP contribution >= 0.6 is 0 Å². The van der Waals surface area contributed by atoms with Crippen LogP contribution in [-0.2, 0) is 4.84 Å². The molecule has 0 aliphatic heterocycles. The second kappa shape index (κ2) is 10.9. The summed E-state index contributed by atoms with van der Waals surface area (Å²) in [5, 5.41) is 7.00. The molecule has 0 heterocycles. The highest BCUT2D eigenvalue weighted by Gasteiger charge is 2.21. The van der Waals surface area contributed by atoms with Crippen LogP contribution in [0.4, 0.5) is 0 Å². The van der Waals surface area contributed by atoms with E-state index in [-0.39, 0.29) is 5.60 Å². The minimum absolute atomic E-state index is 0.181. The van der Waals surface area contributed by atoms with Crippen molar-refractivity contribution in [1.82, 2.24) is 0 Å². The maximum absolute atomic E-state index is 7.00. The number of hydrogen-bond acceptors (Lipinski definition) is 3. The summed E-state index contributed by atoms with van der Waals surface area (Å²) < 4.78 is 0. The zero-order valence-corrected chi connectivity index (χ0v) is 9.51. The molecule has 0 aromatic rings. The van der Waals surface area contributed by atoms with E-state index in [0.717, 1.165) is 7.11 Å². The van der Waals surface area contributed by atoms with Crippen LogP contribution in [0.15, 0.2) is 0 Å². The lowest BCUT2D eigenvalue weighted by Crippen LogP contribution is -2.33. The molecule has 3 nitrogen and oxygen atoms in total. The summed E-state index contributed by atoms with van der Waals surface area (Å²) in [7, 11) is 1.00. The van der Waals surface area contributed by atoms with Crippen LogP contribution in [0, 0.1) is 5.92 Å². The fraction of sp³-hybridized carbons (Fsp3) is 1.00. The number of hydrogen-bond donors (Lipinski definition) is 2. The Morgan fingerprint density at radius 2 is 1.42 bits per heavy atom. The molecule has 3 N–H and O–H groups in total. The molecule has 0 fully saturated rings. The van der Waals surface area contributed by atoms with Crippen molar-refractivity contribution >= 4 is 0 Å². The Hall–Kier alpha value is -0.120. The lowest BCUT2D eigenvalue weighted by molar-refractivity contribution is -0.0524. The van der Waals surface area contributed by atoms with Gasteiger partial charge in [-0.3, -0.25) is 4.84 Å². The van der Waals surface area contributed by atoms with Crippen molar-refractivity contribution in [3.8, 4) is 0 Å². The monoisotopic (exact) mass is 179 g/mol. The largest absolute Gasteiger partial charge is 0.400 e. The summed E-state index contributed by atoms with van der Waals surface area (Å²) in [6.45, 7) is 12.1. The predicted molar refractivity (Wildman–Crippen MR) is 53.7 cm³/mol. The van der Waals surface area contributed by atoms with E-state index in [2.05, 4.69) is 13.8 Å². The van der Waals surface area contributed by atoms with E-state index in [4.69, 9.17) is 15.8 Å². The van der Waals surface area contributed by atoms with Gasteiger partial charge in [0.15, 0.2) is 0 Å². The SMILES string of the molecule is CC.CC(C)C(C)(C)ON.CO. The maximum Gasteiger partial charge on any atom is 0.0860 e. The van der Waals surface area contributed by atoms with Gasteiger partial charge in [-0.25, -0.2) is 5.90 Å². The molecule has 0 aromatic heterocycles. The van der Waals surface area contributed by atoms with Crippen LogP contribution in [-0.4, -0.2) is 17.8 Å². The average molecular weight is 179 g/mol. The van der Waals surface area contributed by atoms with Crippen molar-refractivity contribution in [2.24, 2.45) is 11.8 Å². The molecule has 0 amide bonds. The van der Waals surface area contributed by atoms with E-state index in [0.29, 0.717) is 5.92 Å². The molecular weight excluding hydrogens is 154 g/mol. The van der Waals surface area contributed by atoms with Crippen molar-refractivity contribution in [2.45, 2.75) is 47.1 Å². The fourth-order valence-electron chi connectivity index (χ4n) is 0.136. The third kappa shape index (κ3) is 9.88. The third-order valence-corrected chi connectivity index (χ3v) is 1.69. The molecular formula is C9H25NO2. The van der Waals surface area contributed by atoms with Gasteiger partial charge in [-0.15, -0.1) is 0 Å². The fourth-order valence-corrected chi connectivity index (χ4v) is 0.136. The standard InChI is InChI=1S/C6H15NO.C2H6.CH4O/c1-5(2)6(3,4)8-7;2*1-2/h5H,7H2,1-4H3;1-2H3;2H,1H3. The summed E-state index contributed by atoms with van der Waals surface area (Å²) in [6.07, 6.45) is 0. The van der Waals surface area contributed by atoms with Crippen LogP contribution < -0.4 is 5.90 Å². The minimum atomic E-state index is -0.181.